The van der Waals surface area contributed by atoms with Gasteiger partial charge in [-0.3, -0.25) is 4.79 Å². The van der Waals surface area contributed by atoms with E-state index in [1.54, 1.807) is 29.2 Å². The summed E-state index contributed by atoms with van der Waals surface area (Å²) in [6, 6.07) is 8.29. The van der Waals surface area contributed by atoms with Gasteiger partial charge in [-0.15, -0.1) is 0 Å². The zero-order chi connectivity index (χ0) is 19.0. The highest BCUT2D eigenvalue weighted by atomic mass is 19.3. The summed E-state index contributed by atoms with van der Waals surface area (Å²) in [6.07, 6.45) is 0.807. The molecular weight excluding hydrogens is 350 g/mol. The molecular formula is C21H28F2N2O2. The van der Waals surface area contributed by atoms with Gasteiger partial charge in [0.25, 0.3) is 5.91 Å². The molecule has 1 aromatic rings. The quantitative estimate of drug-likeness (QED) is 0.828. The van der Waals surface area contributed by atoms with Crippen molar-refractivity contribution in [1.29, 1.82) is 0 Å². The molecule has 0 radical (unpaired) electrons. The summed E-state index contributed by atoms with van der Waals surface area (Å²) in [5.41, 5.74) is 0.519. The molecule has 0 aromatic heterocycles. The van der Waals surface area contributed by atoms with Crippen molar-refractivity contribution in [3.05, 3.63) is 35.9 Å². The van der Waals surface area contributed by atoms with Crippen molar-refractivity contribution in [2.24, 2.45) is 17.8 Å². The number of hydrogen-bond acceptors (Lipinski definition) is 3. The molecule has 148 valence electrons. The van der Waals surface area contributed by atoms with Crippen LogP contribution >= 0.6 is 0 Å². The molecule has 1 aliphatic heterocycles. The Bertz CT molecular complexity index is 653. The molecule has 2 bridgehead atoms. The highest BCUT2D eigenvalue weighted by Crippen LogP contribution is 2.43. The van der Waals surface area contributed by atoms with Crippen molar-refractivity contribution in [2.75, 3.05) is 19.6 Å². The van der Waals surface area contributed by atoms with Crippen molar-refractivity contribution in [2.45, 2.75) is 50.2 Å². The van der Waals surface area contributed by atoms with Crippen molar-refractivity contribution >= 4 is 5.91 Å². The number of fused-ring (bicyclic) bond motifs is 2. The number of hydrogen-bond donors (Lipinski definition) is 2. The third-order valence-electron chi connectivity index (χ3n) is 6.79. The van der Waals surface area contributed by atoms with E-state index in [4.69, 9.17) is 0 Å². The monoisotopic (exact) mass is 378 g/mol. The number of amides is 1. The van der Waals surface area contributed by atoms with Crippen molar-refractivity contribution < 1.29 is 18.7 Å². The average Bonchev–Trinajstić information content (AvgIpc) is 3.12. The molecule has 4 rings (SSSR count). The molecule has 2 saturated carbocycles. The van der Waals surface area contributed by atoms with Gasteiger partial charge in [0, 0.05) is 25.4 Å². The van der Waals surface area contributed by atoms with Crippen LogP contribution in [0.4, 0.5) is 8.78 Å². The van der Waals surface area contributed by atoms with Crippen LogP contribution in [-0.4, -0.2) is 47.5 Å². The molecule has 1 amide bonds. The summed E-state index contributed by atoms with van der Waals surface area (Å²) < 4.78 is 27.8. The van der Waals surface area contributed by atoms with Gasteiger partial charge in [-0.1, -0.05) is 30.3 Å². The van der Waals surface area contributed by atoms with Gasteiger partial charge >= 0.3 is 0 Å². The van der Waals surface area contributed by atoms with Crippen LogP contribution in [0.5, 0.6) is 0 Å². The molecule has 1 saturated heterocycles. The van der Waals surface area contributed by atoms with E-state index < -0.39 is 24.0 Å². The Morgan fingerprint density at radius 2 is 1.85 bits per heavy atom. The van der Waals surface area contributed by atoms with Crippen molar-refractivity contribution in [1.82, 2.24) is 10.2 Å². The summed E-state index contributed by atoms with van der Waals surface area (Å²) in [5, 5.41) is 14.1. The molecule has 4 nitrogen and oxygen atoms in total. The number of alkyl halides is 2. The number of aliphatic hydroxyl groups is 1. The van der Waals surface area contributed by atoms with Gasteiger partial charge in [-0.25, -0.2) is 8.78 Å². The highest BCUT2D eigenvalue weighted by molar-refractivity contribution is 5.82. The lowest BCUT2D eigenvalue weighted by Crippen LogP contribution is -2.49. The fourth-order valence-electron chi connectivity index (χ4n) is 5.27. The lowest BCUT2D eigenvalue weighted by Gasteiger charge is -2.38. The van der Waals surface area contributed by atoms with Crippen molar-refractivity contribution in [3.8, 4) is 0 Å². The molecule has 2 unspecified atom stereocenters. The summed E-state index contributed by atoms with van der Waals surface area (Å²) in [6.45, 7) is 2.36. The van der Waals surface area contributed by atoms with Crippen LogP contribution in [0.15, 0.2) is 30.3 Å². The number of halogens is 2. The first-order valence-electron chi connectivity index (χ1n) is 10.1. The SMILES string of the molecule is O=C([C@H](O)c1ccccc1)N(CC1C2CCC1CNC2)[C@@H]1CCC(F)(F)C1. The van der Waals surface area contributed by atoms with Gasteiger partial charge in [0.1, 0.15) is 0 Å². The first kappa shape index (κ1) is 18.8. The molecule has 1 heterocycles. The van der Waals surface area contributed by atoms with Gasteiger partial charge < -0.3 is 15.3 Å². The van der Waals surface area contributed by atoms with Gasteiger partial charge in [-0.05, 0) is 55.7 Å². The zero-order valence-corrected chi connectivity index (χ0v) is 15.5. The highest BCUT2D eigenvalue weighted by Gasteiger charge is 2.47. The minimum Gasteiger partial charge on any atom is -0.378 e. The van der Waals surface area contributed by atoms with Gasteiger partial charge in [-0.2, -0.15) is 0 Å². The van der Waals surface area contributed by atoms with E-state index in [2.05, 4.69) is 5.32 Å². The van der Waals surface area contributed by atoms with Gasteiger partial charge in [0.15, 0.2) is 6.10 Å². The van der Waals surface area contributed by atoms with Crippen LogP contribution in [0.25, 0.3) is 0 Å². The van der Waals surface area contributed by atoms with Crippen LogP contribution in [-0.2, 0) is 4.79 Å². The molecule has 0 spiro atoms. The Labute approximate surface area is 158 Å². The fraction of sp³-hybridized carbons (Fsp3) is 0.667. The molecule has 1 aromatic carbocycles. The predicted molar refractivity (Wildman–Crippen MR) is 98.3 cm³/mol. The average molecular weight is 378 g/mol. The number of nitrogens with zero attached hydrogens (tertiary/aromatic N) is 1. The number of piperidine rings is 1. The summed E-state index contributed by atoms with van der Waals surface area (Å²) in [5.74, 6) is -1.81. The largest absolute Gasteiger partial charge is 0.378 e. The lowest BCUT2D eigenvalue weighted by molar-refractivity contribution is -0.144. The molecule has 27 heavy (non-hydrogen) atoms. The molecule has 4 atom stereocenters. The molecule has 3 fully saturated rings. The molecule has 2 N–H and O–H groups in total. The second-order valence-corrected chi connectivity index (χ2v) is 8.48. The van der Waals surface area contributed by atoms with Crippen LogP contribution in [0.1, 0.15) is 43.8 Å². The minimum absolute atomic E-state index is 0.179. The van der Waals surface area contributed by atoms with Crippen molar-refractivity contribution in [3.63, 3.8) is 0 Å². The zero-order valence-electron chi connectivity index (χ0n) is 15.5. The summed E-state index contributed by atoms with van der Waals surface area (Å²) in [7, 11) is 0. The van der Waals surface area contributed by atoms with E-state index in [1.165, 1.54) is 0 Å². The Morgan fingerprint density at radius 1 is 1.19 bits per heavy atom. The van der Waals surface area contributed by atoms with Gasteiger partial charge in [0.05, 0.1) is 0 Å². The van der Waals surface area contributed by atoms with E-state index in [0.717, 1.165) is 25.9 Å². The minimum atomic E-state index is -2.71. The maximum Gasteiger partial charge on any atom is 0.256 e. The smallest absolute Gasteiger partial charge is 0.256 e. The van der Waals surface area contributed by atoms with E-state index in [0.29, 0.717) is 36.3 Å². The van der Waals surface area contributed by atoms with Crippen LogP contribution in [0, 0.1) is 17.8 Å². The molecule has 3 aliphatic rings. The second-order valence-electron chi connectivity index (χ2n) is 8.48. The topological polar surface area (TPSA) is 52.6 Å². The normalized spacial score (nSPS) is 33.0. The number of carbonyl (C=O) groups excluding carboxylic acids is 1. The number of carbonyl (C=O) groups is 1. The Kier molecular flexibility index (Phi) is 5.21. The third kappa shape index (κ3) is 3.87. The molecule has 2 aliphatic carbocycles. The summed E-state index contributed by atoms with van der Waals surface area (Å²) in [4.78, 5) is 14.8. The fourth-order valence-corrected chi connectivity index (χ4v) is 5.27. The van der Waals surface area contributed by atoms with Gasteiger partial charge in [0.2, 0.25) is 5.92 Å². The standard InChI is InChI=1S/C21H28F2N2O2/c22-21(23)9-8-17(10-21)25(13-18-15-6-7-16(18)12-24-11-15)20(27)19(26)14-4-2-1-3-5-14/h1-5,15-19,24,26H,6-13H2/t15?,16?,17-,18?,19-/m1/s1. The Hall–Kier alpha value is -1.53. The lowest BCUT2D eigenvalue weighted by atomic mass is 9.85. The number of rotatable bonds is 5. The van der Waals surface area contributed by atoms with E-state index >= 15 is 0 Å². The first-order chi connectivity index (χ1) is 12.9. The van der Waals surface area contributed by atoms with E-state index in [-0.39, 0.29) is 12.8 Å². The number of aliphatic hydroxyl groups excluding tert-OH is 1. The van der Waals surface area contributed by atoms with E-state index in [1.807, 2.05) is 6.07 Å². The summed E-state index contributed by atoms with van der Waals surface area (Å²) >= 11 is 0. The first-order valence-corrected chi connectivity index (χ1v) is 10.1. The van der Waals surface area contributed by atoms with Crippen LogP contribution < -0.4 is 5.32 Å². The maximum absolute atomic E-state index is 13.9. The maximum atomic E-state index is 13.9. The Balaban J connectivity index is 1.55. The predicted octanol–water partition coefficient (Wildman–Crippen LogP) is 2.98. The van der Waals surface area contributed by atoms with Crippen LogP contribution in [0.2, 0.25) is 0 Å². The second kappa shape index (κ2) is 7.47. The van der Waals surface area contributed by atoms with Crippen LogP contribution in [0.3, 0.4) is 0 Å². The van der Waals surface area contributed by atoms with E-state index in [9.17, 15) is 18.7 Å². The Morgan fingerprint density at radius 3 is 2.44 bits per heavy atom. The number of nitrogens with one attached hydrogen (secondary N) is 1. The molecule has 6 heteroatoms. The third-order valence-corrected chi connectivity index (χ3v) is 6.79. The number of benzene rings is 1.